The minimum Gasteiger partial charge on any atom is -0.326 e. The van der Waals surface area contributed by atoms with Crippen LogP contribution in [0.25, 0.3) is 0 Å². The van der Waals surface area contributed by atoms with E-state index in [9.17, 15) is 8.42 Å². The number of nitrogens with zero attached hydrogens (tertiary/aromatic N) is 2. The van der Waals surface area contributed by atoms with E-state index in [-0.39, 0.29) is 0 Å². The lowest BCUT2D eigenvalue weighted by molar-refractivity contribution is 0.356. The van der Waals surface area contributed by atoms with Crippen molar-refractivity contribution >= 4 is 21.4 Å². The molecule has 0 radical (unpaired) electrons. The fraction of sp³-hybridized carbons (Fsp3) is 0.692. The Balaban J connectivity index is 2.90. The Labute approximate surface area is 126 Å². The number of nitrogens with two attached hydrogens (primary N) is 1. The van der Waals surface area contributed by atoms with Crippen LogP contribution < -0.4 is 5.73 Å². The van der Waals surface area contributed by atoms with E-state index in [4.69, 9.17) is 5.73 Å². The minimum atomic E-state index is -3.40. The van der Waals surface area contributed by atoms with Gasteiger partial charge in [-0.1, -0.05) is 6.92 Å². The topological polar surface area (TPSA) is 66.6 Å². The molecular weight excluding hydrogens is 294 g/mol. The fourth-order valence-electron chi connectivity index (χ4n) is 2.03. The molecule has 1 rings (SSSR count). The van der Waals surface area contributed by atoms with Gasteiger partial charge in [-0.25, -0.2) is 8.42 Å². The first kappa shape index (κ1) is 17.6. The molecular formula is C13H25N3O2S2. The Kier molecular flexibility index (Phi) is 6.60. The van der Waals surface area contributed by atoms with Gasteiger partial charge < -0.3 is 10.6 Å². The Bertz CT molecular complexity index is 524. The normalized spacial score (nSPS) is 12.6. The van der Waals surface area contributed by atoms with Gasteiger partial charge in [0.2, 0.25) is 10.0 Å². The standard InChI is InChI=1S/C13H25N3O2S2/c1-5-16(8-6-7-15(3)4)20(17,18)13-9-12(10-14)19-11(13)2/h9H,5-8,10,14H2,1-4H3. The van der Waals surface area contributed by atoms with Gasteiger partial charge in [0.05, 0.1) is 4.90 Å². The van der Waals surface area contributed by atoms with Gasteiger partial charge in [0.25, 0.3) is 0 Å². The van der Waals surface area contributed by atoms with Crippen LogP contribution >= 0.6 is 11.3 Å². The third-order valence-corrected chi connectivity index (χ3v) is 6.41. The summed E-state index contributed by atoms with van der Waals surface area (Å²) in [6.45, 7) is 6.01. The van der Waals surface area contributed by atoms with E-state index in [0.29, 0.717) is 24.5 Å². The van der Waals surface area contributed by atoms with Crippen LogP contribution in [0.15, 0.2) is 11.0 Å². The van der Waals surface area contributed by atoms with Gasteiger partial charge in [0.15, 0.2) is 0 Å². The maximum Gasteiger partial charge on any atom is 0.244 e. The summed E-state index contributed by atoms with van der Waals surface area (Å²) in [5, 5.41) is 0. The SMILES string of the molecule is CCN(CCCN(C)C)S(=O)(=O)c1cc(CN)sc1C. The first-order chi connectivity index (χ1) is 9.32. The summed E-state index contributed by atoms with van der Waals surface area (Å²) < 4.78 is 26.9. The van der Waals surface area contributed by atoms with E-state index in [0.717, 1.165) is 22.7 Å². The van der Waals surface area contributed by atoms with Gasteiger partial charge in [-0.2, -0.15) is 4.31 Å². The first-order valence-corrected chi connectivity index (χ1v) is 9.02. The molecule has 116 valence electrons. The summed E-state index contributed by atoms with van der Waals surface area (Å²) in [7, 11) is 0.576. The van der Waals surface area contributed by atoms with Crippen LogP contribution in [0.5, 0.6) is 0 Å². The second-order valence-electron chi connectivity index (χ2n) is 4.99. The highest BCUT2D eigenvalue weighted by atomic mass is 32.2. The smallest absolute Gasteiger partial charge is 0.244 e. The van der Waals surface area contributed by atoms with Gasteiger partial charge >= 0.3 is 0 Å². The zero-order chi connectivity index (χ0) is 15.3. The zero-order valence-corrected chi connectivity index (χ0v) is 14.4. The Hall–Kier alpha value is -0.470. The van der Waals surface area contributed by atoms with Crippen LogP contribution in [0.4, 0.5) is 0 Å². The van der Waals surface area contributed by atoms with Crippen molar-refractivity contribution in [1.29, 1.82) is 0 Å². The van der Waals surface area contributed by atoms with Gasteiger partial charge in [0, 0.05) is 29.4 Å². The highest BCUT2D eigenvalue weighted by Gasteiger charge is 2.26. The van der Waals surface area contributed by atoms with Gasteiger partial charge in [-0.3, -0.25) is 0 Å². The summed E-state index contributed by atoms with van der Waals surface area (Å²) in [5.74, 6) is 0. The first-order valence-electron chi connectivity index (χ1n) is 6.77. The Morgan fingerprint density at radius 2 is 1.95 bits per heavy atom. The lowest BCUT2D eigenvalue weighted by atomic mass is 10.4. The van der Waals surface area contributed by atoms with E-state index in [1.54, 1.807) is 10.4 Å². The summed E-state index contributed by atoms with van der Waals surface area (Å²) in [6.07, 6.45) is 0.826. The summed E-state index contributed by atoms with van der Waals surface area (Å²) >= 11 is 1.46. The number of hydrogen-bond acceptors (Lipinski definition) is 5. The minimum absolute atomic E-state index is 0.383. The number of hydrogen-bond donors (Lipinski definition) is 1. The number of thiophene rings is 1. The maximum absolute atomic E-state index is 12.7. The highest BCUT2D eigenvalue weighted by Crippen LogP contribution is 2.28. The molecule has 0 aromatic carbocycles. The molecule has 0 bridgehead atoms. The molecule has 5 nitrogen and oxygen atoms in total. The van der Waals surface area contributed by atoms with Crippen LogP contribution in [0, 0.1) is 6.92 Å². The molecule has 0 saturated carbocycles. The molecule has 0 aliphatic heterocycles. The van der Waals surface area contributed by atoms with Crippen LogP contribution in [0.1, 0.15) is 23.1 Å². The second-order valence-corrected chi connectivity index (χ2v) is 8.24. The van der Waals surface area contributed by atoms with E-state index in [1.165, 1.54) is 11.3 Å². The highest BCUT2D eigenvalue weighted by molar-refractivity contribution is 7.89. The van der Waals surface area contributed by atoms with E-state index < -0.39 is 10.0 Å². The fourth-order valence-corrected chi connectivity index (χ4v) is 5.00. The lowest BCUT2D eigenvalue weighted by Gasteiger charge is -2.21. The molecule has 0 aliphatic carbocycles. The molecule has 7 heteroatoms. The predicted molar refractivity (Wildman–Crippen MR) is 84.6 cm³/mol. The molecule has 1 aromatic heterocycles. The molecule has 0 spiro atoms. The van der Waals surface area contributed by atoms with Crippen molar-refractivity contribution < 1.29 is 8.42 Å². The molecule has 1 aromatic rings. The van der Waals surface area contributed by atoms with Gasteiger partial charge in [-0.05, 0) is 40.1 Å². The van der Waals surface area contributed by atoms with Crippen molar-refractivity contribution in [3.05, 3.63) is 15.8 Å². The average Bonchev–Trinajstić information content (AvgIpc) is 2.76. The van der Waals surface area contributed by atoms with Crippen molar-refractivity contribution in [3.63, 3.8) is 0 Å². The van der Waals surface area contributed by atoms with Gasteiger partial charge in [0.1, 0.15) is 0 Å². The molecule has 0 saturated heterocycles. The predicted octanol–water partition coefficient (Wildman–Crippen LogP) is 1.48. The molecule has 2 N–H and O–H groups in total. The third-order valence-electron chi connectivity index (χ3n) is 3.11. The monoisotopic (exact) mass is 319 g/mol. The third kappa shape index (κ3) is 4.26. The molecule has 0 aliphatic rings. The summed E-state index contributed by atoms with van der Waals surface area (Å²) in [4.78, 5) is 4.19. The average molecular weight is 319 g/mol. The van der Waals surface area contributed by atoms with Crippen molar-refractivity contribution in [2.45, 2.75) is 31.7 Å². The van der Waals surface area contributed by atoms with E-state index in [1.807, 2.05) is 27.9 Å². The molecule has 0 unspecified atom stereocenters. The van der Waals surface area contributed by atoms with Crippen molar-refractivity contribution in [1.82, 2.24) is 9.21 Å². The molecule has 20 heavy (non-hydrogen) atoms. The lowest BCUT2D eigenvalue weighted by Crippen LogP contribution is -2.33. The maximum atomic E-state index is 12.7. The van der Waals surface area contributed by atoms with E-state index in [2.05, 4.69) is 4.90 Å². The molecule has 0 fully saturated rings. The number of aryl methyl sites for hydroxylation is 1. The quantitative estimate of drug-likeness (QED) is 0.788. The Morgan fingerprint density at radius 1 is 1.30 bits per heavy atom. The van der Waals surface area contributed by atoms with Gasteiger partial charge in [-0.15, -0.1) is 11.3 Å². The number of rotatable bonds is 8. The second kappa shape index (κ2) is 7.51. The summed E-state index contributed by atoms with van der Waals surface area (Å²) in [5.41, 5.74) is 5.59. The van der Waals surface area contributed by atoms with Crippen molar-refractivity contribution in [2.24, 2.45) is 5.73 Å². The summed E-state index contributed by atoms with van der Waals surface area (Å²) in [6, 6.07) is 1.71. The van der Waals surface area contributed by atoms with E-state index >= 15 is 0 Å². The Morgan fingerprint density at radius 3 is 2.40 bits per heavy atom. The molecule has 1 heterocycles. The van der Waals surface area contributed by atoms with Crippen LogP contribution in [-0.4, -0.2) is 51.4 Å². The number of sulfonamides is 1. The van der Waals surface area contributed by atoms with Crippen molar-refractivity contribution in [3.8, 4) is 0 Å². The largest absolute Gasteiger partial charge is 0.326 e. The molecule has 0 amide bonds. The molecule has 0 atom stereocenters. The zero-order valence-electron chi connectivity index (χ0n) is 12.7. The van der Waals surface area contributed by atoms with Crippen LogP contribution in [-0.2, 0) is 16.6 Å². The van der Waals surface area contributed by atoms with Crippen LogP contribution in [0.3, 0.4) is 0 Å². The van der Waals surface area contributed by atoms with Crippen LogP contribution in [0.2, 0.25) is 0 Å². The van der Waals surface area contributed by atoms with Crippen molar-refractivity contribution in [2.75, 3.05) is 33.7 Å².